The average Bonchev–Trinajstić information content (AvgIpc) is 3.16. The van der Waals surface area contributed by atoms with Gasteiger partial charge >= 0.3 is 5.97 Å². The first kappa shape index (κ1) is 21.7. The van der Waals surface area contributed by atoms with Crippen molar-refractivity contribution in [2.24, 2.45) is 5.92 Å². The van der Waals surface area contributed by atoms with Gasteiger partial charge in [-0.1, -0.05) is 65.4 Å². The van der Waals surface area contributed by atoms with Gasteiger partial charge in [-0.2, -0.15) is 0 Å². The van der Waals surface area contributed by atoms with Crippen molar-refractivity contribution in [1.29, 1.82) is 0 Å². The number of anilines is 1. The highest BCUT2D eigenvalue weighted by atomic mass is 35.5. The fraction of sp³-hybridized carbons (Fsp3) is 0.273. The number of methoxy groups -OCH3 is 1. The predicted molar refractivity (Wildman–Crippen MR) is 123 cm³/mol. The van der Waals surface area contributed by atoms with Crippen molar-refractivity contribution in [2.75, 3.05) is 25.2 Å². The van der Waals surface area contributed by atoms with Gasteiger partial charge in [-0.15, -0.1) is 11.8 Å². The molecular formula is C22H23ClN2O2S2. The topological polar surface area (TPSA) is 51.2 Å². The van der Waals surface area contributed by atoms with Gasteiger partial charge in [0.25, 0.3) is 0 Å². The van der Waals surface area contributed by atoms with Gasteiger partial charge in [-0.05, 0) is 36.8 Å². The second kappa shape index (κ2) is 10.1. The van der Waals surface area contributed by atoms with Crippen LogP contribution >= 0.6 is 34.7 Å². The molecule has 1 N–H and O–H groups in total. The smallest absolute Gasteiger partial charge is 0.310 e. The van der Waals surface area contributed by atoms with Crippen LogP contribution in [0.5, 0.6) is 0 Å². The molecule has 29 heavy (non-hydrogen) atoms. The largest absolute Gasteiger partial charge is 0.469 e. The van der Waals surface area contributed by atoms with Crippen LogP contribution in [0, 0.1) is 12.8 Å². The molecular weight excluding hydrogens is 424 g/mol. The molecule has 1 heterocycles. The molecule has 3 rings (SSSR count). The number of benzene rings is 2. The third-order valence-corrected chi connectivity index (χ3v) is 7.11. The van der Waals surface area contributed by atoms with Crippen molar-refractivity contribution in [1.82, 2.24) is 4.98 Å². The summed E-state index contributed by atoms with van der Waals surface area (Å²) in [5.41, 5.74) is 4.03. The number of halogens is 1. The number of hydrogen-bond donors (Lipinski definition) is 1. The molecule has 0 amide bonds. The Hall–Kier alpha value is -2.02. The van der Waals surface area contributed by atoms with Gasteiger partial charge < -0.3 is 10.1 Å². The van der Waals surface area contributed by atoms with Gasteiger partial charge in [0.15, 0.2) is 5.13 Å². The Morgan fingerprint density at radius 2 is 2.03 bits per heavy atom. The van der Waals surface area contributed by atoms with Crippen molar-refractivity contribution in [2.45, 2.75) is 17.6 Å². The van der Waals surface area contributed by atoms with E-state index in [-0.39, 0.29) is 11.9 Å². The zero-order valence-electron chi connectivity index (χ0n) is 16.6. The lowest BCUT2D eigenvalue weighted by Gasteiger charge is -2.15. The number of aryl methyl sites for hydroxylation is 1. The van der Waals surface area contributed by atoms with E-state index in [1.165, 1.54) is 7.11 Å². The monoisotopic (exact) mass is 446 g/mol. The first-order valence-corrected chi connectivity index (χ1v) is 11.6. The summed E-state index contributed by atoms with van der Waals surface area (Å²) in [6, 6.07) is 15.9. The van der Waals surface area contributed by atoms with Crippen molar-refractivity contribution in [3.8, 4) is 11.3 Å². The van der Waals surface area contributed by atoms with Crippen molar-refractivity contribution in [3.63, 3.8) is 0 Å². The Kier molecular flexibility index (Phi) is 7.58. The number of carbonyl (C=O) groups is 1. The number of nitrogens with zero attached hydrogens (tertiary/aromatic N) is 1. The molecule has 7 heteroatoms. The van der Waals surface area contributed by atoms with E-state index < -0.39 is 0 Å². The van der Waals surface area contributed by atoms with Crippen molar-refractivity contribution >= 4 is 45.8 Å². The van der Waals surface area contributed by atoms with Crippen molar-refractivity contribution in [3.05, 3.63) is 64.7 Å². The summed E-state index contributed by atoms with van der Waals surface area (Å²) in [6.45, 7) is 2.44. The Balaban J connectivity index is 1.77. The van der Waals surface area contributed by atoms with Gasteiger partial charge in [0, 0.05) is 17.1 Å². The molecule has 1 unspecified atom stereocenters. The number of rotatable bonds is 8. The Morgan fingerprint density at radius 1 is 1.28 bits per heavy atom. The third-order valence-electron chi connectivity index (χ3n) is 4.59. The fourth-order valence-electron chi connectivity index (χ4n) is 2.96. The number of hydrogen-bond acceptors (Lipinski definition) is 6. The lowest BCUT2D eigenvalue weighted by atomic mass is 9.99. The van der Waals surface area contributed by atoms with Crippen LogP contribution in [0.15, 0.2) is 52.7 Å². The van der Waals surface area contributed by atoms with Crippen LogP contribution in [0.1, 0.15) is 11.1 Å². The molecule has 0 aliphatic rings. The molecule has 2 aromatic carbocycles. The van der Waals surface area contributed by atoms with E-state index in [0.29, 0.717) is 13.0 Å². The number of thiazole rings is 1. The Morgan fingerprint density at radius 3 is 2.69 bits per heavy atom. The maximum Gasteiger partial charge on any atom is 0.310 e. The fourth-order valence-corrected chi connectivity index (χ4v) is 4.79. The maximum atomic E-state index is 12.3. The van der Waals surface area contributed by atoms with Crippen LogP contribution in [0.25, 0.3) is 11.3 Å². The molecule has 0 saturated carbocycles. The Bertz CT molecular complexity index is 976. The minimum atomic E-state index is -0.290. The summed E-state index contributed by atoms with van der Waals surface area (Å²) in [5.74, 6) is -0.519. The molecule has 0 bridgehead atoms. The van der Waals surface area contributed by atoms with Gasteiger partial charge in [-0.3, -0.25) is 4.79 Å². The van der Waals surface area contributed by atoms with Gasteiger partial charge in [0.1, 0.15) is 0 Å². The second-order valence-corrected chi connectivity index (χ2v) is 9.10. The number of thioether (sulfide) groups is 1. The molecule has 0 saturated heterocycles. The highest BCUT2D eigenvalue weighted by Gasteiger charge is 2.21. The predicted octanol–water partition coefficient (Wildman–Crippen LogP) is 5.94. The summed E-state index contributed by atoms with van der Waals surface area (Å²) in [5, 5.41) is 4.84. The molecule has 1 aromatic heterocycles. The molecule has 4 nitrogen and oxygen atoms in total. The van der Waals surface area contributed by atoms with E-state index in [2.05, 4.69) is 5.32 Å². The summed E-state index contributed by atoms with van der Waals surface area (Å²) < 4.78 is 6.10. The summed E-state index contributed by atoms with van der Waals surface area (Å²) >= 11 is 9.53. The van der Waals surface area contributed by atoms with Crippen LogP contribution in [0.4, 0.5) is 5.13 Å². The minimum Gasteiger partial charge on any atom is -0.469 e. The Labute approximate surface area is 184 Å². The van der Waals surface area contributed by atoms with Gasteiger partial charge in [0.05, 0.1) is 22.9 Å². The standard InChI is InChI=1S/C22H23ClN2O2S2/c1-14-9-10-16(12-18(14)23)19-21(28-3)29-22(25-19)24-13-17(20(26)27-2)11-15-7-5-4-6-8-15/h4-10,12,17H,11,13H2,1-3H3,(H,24,25). The SMILES string of the molecule is COC(=O)C(CNc1nc(-c2ccc(C)c(Cl)c2)c(SC)s1)Cc1ccccc1. The zero-order valence-corrected chi connectivity index (χ0v) is 19.0. The quantitative estimate of drug-likeness (QED) is 0.343. The third kappa shape index (κ3) is 5.53. The molecule has 3 aromatic rings. The number of aromatic nitrogens is 1. The van der Waals surface area contributed by atoms with E-state index in [0.717, 1.165) is 36.7 Å². The van der Waals surface area contributed by atoms with Crippen LogP contribution in [0.2, 0.25) is 5.02 Å². The lowest BCUT2D eigenvalue weighted by molar-refractivity contribution is -0.144. The average molecular weight is 447 g/mol. The number of esters is 1. The maximum absolute atomic E-state index is 12.3. The first-order valence-electron chi connectivity index (χ1n) is 9.18. The summed E-state index contributed by atoms with van der Waals surface area (Å²) in [4.78, 5) is 17.0. The number of nitrogens with one attached hydrogen (secondary N) is 1. The van der Waals surface area contributed by atoms with E-state index in [9.17, 15) is 4.79 Å². The zero-order chi connectivity index (χ0) is 20.8. The van der Waals surface area contributed by atoms with Crippen LogP contribution < -0.4 is 5.32 Å². The van der Waals surface area contributed by atoms with Gasteiger partial charge in [-0.25, -0.2) is 4.98 Å². The summed E-state index contributed by atoms with van der Waals surface area (Å²) in [6.07, 6.45) is 2.64. The van der Waals surface area contributed by atoms with E-state index in [1.54, 1.807) is 23.1 Å². The van der Waals surface area contributed by atoms with Gasteiger partial charge in [0.2, 0.25) is 0 Å². The van der Waals surface area contributed by atoms with Crippen molar-refractivity contribution < 1.29 is 9.53 Å². The minimum absolute atomic E-state index is 0.228. The van der Waals surface area contributed by atoms with E-state index in [4.69, 9.17) is 21.3 Å². The van der Waals surface area contributed by atoms with E-state index >= 15 is 0 Å². The molecule has 0 aliphatic carbocycles. The van der Waals surface area contributed by atoms with Crippen LogP contribution in [-0.4, -0.2) is 30.9 Å². The summed E-state index contributed by atoms with van der Waals surface area (Å²) in [7, 11) is 1.43. The molecule has 1 atom stereocenters. The first-order chi connectivity index (χ1) is 14.0. The van der Waals surface area contributed by atoms with Crippen LogP contribution in [-0.2, 0) is 16.0 Å². The number of carbonyl (C=O) groups excluding carboxylic acids is 1. The van der Waals surface area contributed by atoms with Crippen LogP contribution in [0.3, 0.4) is 0 Å². The second-order valence-electron chi connectivity index (χ2n) is 6.61. The molecule has 152 valence electrons. The van der Waals surface area contributed by atoms with E-state index in [1.807, 2.05) is 61.7 Å². The number of ether oxygens (including phenoxy) is 1. The molecule has 0 radical (unpaired) electrons. The highest BCUT2D eigenvalue weighted by molar-refractivity contribution is 8.00. The molecule has 0 spiro atoms. The normalized spacial score (nSPS) is 11.9. The lowest BCUT2D eigenvalue weighted by Crippen LogP contribution is -2.26. The highest BCUT2D eigenvalue weighted by Crippen LogP contribution is 2.38. The molecule has 0 aliphatic heterocycles. The molecule has 0 fully saturated rings.